The standard InChI is InChI=1S/C13H19N3O2/c17-12(18)7-9-15-13-14-8-6-11(16-13)10-4-2-1-3-5-10/h6,8,10H,1-5,7,9H2,(H,17,18)(H,14,15,16). The number of rotatable bonds is 5. The van der Waals surface area contributed by atoms with Crippen LogP contribution in [0.25, 0.3) is 0 Å². The maximum atomic E-state index is 10.4. The number of carbonyl (C=O) groups is 1. The molecule has 0 saturated heterocycles. The lowest BCUT2D eigenvalue weighted by Gasteiger charge is -2.21. The fraction of sp³-hybridized carbons (Fsp3) is 0.615. The molecule has 1 aromatic rings. The van der Waals surface area contributed by atoms with Crippen LogP contribution in [0.4, 0.5) is 5.95 Å². The van der Waals surface area contributed by atoms with E-state index in [0.29, 0.717) is 18.4 Å². The van der Waals surface area contributed by atoms with Crippen molar-refractivity contribution >= 4 is 11.9 Å². The molecule has 18 heavy (non-hydrogen) atoms. The minimum Gasteiger partial charge on any atom is -0.481 e. The lowest BCUT2D eigenvalue weighted by Crippen LogP contribution is -2.12. The monoisotopic (exact) mass is 249 g/mol. The van der Waals surface area contributed by atoms with Crippen LogP contribution in [0.5, 0.6) is 0 Å². The second kappa shape index (κ2) is 6.33. The van der Waals surface area contributed by atoms with Crippen LogP contribution in [0, 0.1) is 0 Å². The number of anilines is 1. The van der Waals surface area contributed by atoms with Gasteiger partial charge in [0.25, 0.3) is 0 Å². The van der Waals surface area contributed by atoms with Crippen LogP contribution in [-0.4, -0.2) is 27.6 Å². The Morgan fingerprint density at radius 3 is 2.89 bits per heavy atom. The number of nitrogens with one attached hydrogen (secondary N) is 1. The van der Waals surface area contributed by atoms with Crippen LogP contribution in [0.1, 0.15) is 50.1 Å². The lowest BCUT2D eigenvalue weighted by molar-refractivity contribution is -0.136. The third kappa shape index (κ3) is 3.68. The van der Waals surface area contributed by atoms with Gasteiger partial charge in [-0.05, 0) is 18.9 Å². The van der Waals surface area contributed by atoms with Gasteiger partial charge in [-0.3, -0.25) is 4.79 Å². The Morgan fingerprint density at radius 1 is 1.39 bits per heavy atom. The molecule has 1 saturated carbocycles. The normalized spacial score (nSPS) is 16.4. The topological polar surface area (TPSA) is 75.1 Å². The van der Waals surface area contributed by atoms with Crippen molar-refractivity contribution in [3.05, 3.63) is 18.0 Å². The summed E-state index contributed by atoms with van der Waals surface area (Å²) in [5.41, 5.74) is 1.09. The number of carboxylic acids is 1. The quantitative estimate of drug-likeness (QED) is 0.838. The molecular formula is C13H19N3O2. The van der Waals surface area contributed by atoms with E-state index in [0.717, 1.165) is 5.69 Å². The van der Waals surface area contributed by atoms with Crippen molar-refractivity contribution in [1.82, 2.24) is 9.97 Å². The first-order valence-electron chi connectivity index (χ1n) is 6.54. The van der Waals surface area contributed by atoms with E-state index in [9.17, 15) is 4.79 Å². The Bertz CT molecular complexity index is 403. The molecular weight excluding hydrogens is 230 g/mol. The first-order chi connectivity index (χ1) is 8.75. The zero-order chi connectivity index (χ0) is 12.8. The Kier molecular flexibility index (Phi) is 4.50. The molecule has 2 rings (SSSR count). The summed E-state index contributed by atoms with van der Waals surface area (Å²) in [6.45, 7) is 0.365. The van der Waals surface area contributed by atoms with Gasteiger partial charge < -0.3 is 10.4 Å². The van der Waals surface area contributed by atoms with Crippen molar-refractivity contribution < 1.29 is 9.90 Å². The lowest BCUT2D eigenvalue weighted by atomic mass is 9.87. The molecule has 0 radical (unpaired) electrons. The van der Waals surface area contributed by atoms with E-state index >= 15 is 0 Å². The van der Waals surface area contributed by atoms with Crippen LogP contribution in [0.2, 0.25) is 0 Å². The van der Waals surface area contributed by atoms with Crippen molar-refractivity contribution in [2.75, 3.05) is 11.9 Å². The Morgan fingerprint density at radius 2 is 2.17 bits per heavy atom. The average Bonchev–Trinajstić information content (AvgIpc) is 2.40. The second-order valence-corrected chi connectivity index (χ2v) is 4.71. The predicted molar refractivity (Wildman–Crippen MR) is 68.6 cm³/mol. The number of hydrogen-bond donors (Lipinski definition) is 2. The van der Waals surface area contributed by atoms with E-state index in [2.05, 4.69) is 15.3 Å². The van der Waals surface area contributed by atoms with Crippen molar-refractivity contribution in [2.24, 2.45) is 0 Å². The predicted octanol–water partition coefficient (Wildman–Crippen LogP) is 2.41. The highest BCUT2D eigenvalue weighted by atomic mass is 16.4. The van der Waals surface area contributed by atoms with Gasteiger partial charge >= 0.3 is 5.97 Å². The number of aliphatic carboxylic acids is 1. The van der Waals surface area contributed by atoms with Crippen molar-refractivity contribution in [2.45, 2.75) is 44.4 Å². The molecule has 0 aliphatic heterocycles. The summed E-state index contributed by atoms with van der Waals surface area (Å²) in [7, 11) is 0. The molecule has 0 aromatic carbocycles. The summed E-state index contributed by atoms with van der Waals surface area (Å²) in [5.74, 6) is 0.270. The fourth-order valence-electron chi connectivity index (χ4n) is 2.36. The van der Waals surface area contributed by atoms with E-state index in [1.54, 1.807) is 6.20 Å². The van der Waals surface area contributed by atoms with Gasteiger partial charge in [-0.2, -0.15) is 0 Å². The van der Waals surface area contributed by atoms with E-state index in [-0.39, 0.29) is 6.42 Å². The van der Waals surface area contributed by atoms with Gasteiger partial charge in [0, 0.05) is 24.4 Å². The minimum absolute atomic E-state index is 0.0804. The summed E-state index contributed by atoms with van der Waals surface area (Å²) < 4.78 is 0. The van der Waals surface area contributed by atoms with Gasteiger partial charge in [0.1, 0.15) is 0 Å². The fourth-order valence-corrected chi connectivity index (χ4v) is 2.36. The van der Waals surface area contributed by atoms with E-state index in [1.807, 2.05) is 6.07 Å². The number of aromatic nitrogens is 2. The molecule has 1 heterocycles. The molecule has 0 atom stereocenters. The van der Waals surface area contributed by atoms with E-state index in [1.165, 1.54) is 32.1 Å². The molecule has 0 amide bonds. The van der Waals surface area contributed by atoms with E-state index in [4.69, 9.17) is 5.11 Å². The summed E-state index contributed by atoms with van der Waals surface area (Å²) in [5, 5.41) is 11.5. The molecule has 1 aromatic heterocycles. The highest BCUT2D eigenvalue weighted by Gasteiger charge is 2.17. The molecule has 5 nitrogen and oxygen atoms in total. The molecule has 0 bridgehead atoms. The Balaban J connectivity index is 1.93. The van der Waals surface area contributed by atoms with Gasteiger partial charge in [-0.25, -0.2) is 9.97 Å². The number of carboxylic acid groups (broad SMARTS) is 1. The van der Waals surface area contributed by atoms with Crippen molar-refractivity contribution in [1.29, 1.82) is 0 Å². The van der Waals surface area contributed by atoms with Crippen LogP contribution in [0.15, 0.2) is 12.3 Å². The number of nitrogens with zero attached hydrogens (tertiary/aromatic N) is 2. The van der Waals surface area contributed by atoms with Gasteiger partial charge in [0.15, 0.2) is 0 Å². The second-order valence-electron chi connectivity index (χ2n) is 4.71. The summed E-state index contributed by atoms with van der Waals surface area (Å²) >= 11 is 0. The van der Waals surface area contributed by atoms with Gasteiger partial charge in [0.05, 0.1) is 6.42 Å². The van der Waals surface area contributed by atoms with Crippen LogP contribution in [-0.2, 0) is 4.79 Å². The summed E-state index contributed by atoms with van der Waals surface area (Å²) in [4.78, 5) is 19.0. The molecule has 2 N–H and O–H groups in total. The van der Waals surface area contributed by atoms with Gasteiger partial charge in [-0.1, -0.05) is 19.3 Å². The molecule has 1 aliphatic rings. The van der Waals surface area contributed by atoms with Crippen LogP contribution in [0.3, 0.4) is 0 Å². The minimum atomic E-state index is -0.814. The third-order valence-corrected chi connectivity index (χ3v) is 3.32. The maximum Gasteiger partial charge on any atom is 0.305 e. The molecule has 1 aliphatic carbocycles. The molecule has 0 spiro atoms. The van der Waals surface area contributed by atoms with Crippen LogP contribution < -0.4 is 5.32 Å². The largest absolute Gasteiger partial charge is 0.481 e. The smallest absolute Gasteiger partial charge is 0.305 e. The molecule has 1 fully saturated rings. The molecule has 98 valence electrons. The molecule has 5 heteroatoms. The van der Waals surface area contributed by atoms with Gasteiger partial charge in [0.2, 0.25) is 5.95 Å². The highest BCUT2D eigenvalue weighted by Crippen LogP contribution is 2.31. The van der Waals surface area contributed by atoms with Crippen molar-refractivity contribution in [3.8, 4) is 0 Å². The SMILES string of the molecule is O=C(O)CCNc1nccc(C2CCCCC2)n1. The van der Waals surface area contributed by atoms with Crippen LogP contribution >= 0.6 is 0 Å². The maximum absolute atomic E-state index is 10.4. The number of hydrogen-bond acceptors (Lipinski definition) is 4. The van der Waals surface area contributed by atoms with E-state index < -0.39 is 5.97 Å². The Labute approximate surface area is 107 Å². The summed E-state index contributed by atoms with van der Waals surface area (Å²) in [6, 6.07) is 1.97. The van der Waals surface area contributed by atoms with Gasteiger partial charge in [-0.15, -0.1) is 0 Å². The zero-order valence-electron chi connectivity index (χ0n) is 10.4. The molecule has 0 unspecified atom stereocenters. The third-order valence-electron chi connectivity index (χ3n) is 3.32. The first-order valence-corrected chi connectivity index (χ1v) is 6.54. The first kappa shape index (κ1) is 12.8. The highest BCUT2D eigenvalue weighted by molar-refractivity contribution is 5.67. The summed E-state index contributed by atoms with van der Waals surface area (Å²) in [6.07, 6.45) is 8.10. The average molecular weight is 249 g/mol. The Hall–Kier alpha value is -1.65. The zero-order valence-corrected chi connectivity index (χ0v) is 10.4. The van der Waals surface area contributed by atoms with Crippen molar-refractivity contribution in [3.63, 3.8) is 0 Å².